The van der Waals surface area contributed by atoms with E-state index in [-0.39, 0.29) is 36.6 Å². The van der Waals surface area contributed by atoms with Gasteiger partial charge in [0.1, 0.15) is 0 Å². The molecule has 0 spiro atoms. The molecule has 2 heterocycles. The number of hydrogen-bond acceptors (Lipinski definition) is 4. The predicted molar refractivity (Wildman–Crippen MR) is 99.8 cm³/mol. The first-order valence-electron chi connectivity index (χ1n) is 9.23. The van der Waals surface area contributed by atoms with E-state index in [1.807, 2.05) is 0 Å². The van der Waals surface area contributed by atoms with Gasteiger partial charge in [-0.1, -0.05) is 25.7 Å². The number of hydrogen-bond donors (Lipinski definition) is 0. The second-order valence-corrected chi connectivity index (χ2v) is 9.06. The zero-order valence-corrected chi connectivity index (χ0v) is 17.0. The lowest BCUT2D eigenvalue weighted by Crippen LogP contribution is -2.41. The van der Waals surface area contributed by atoms with Gasteiger partial charge in [0.2, 0.25) is 0 Å². The van der Waals surface area contributed by atoms with Crippen molar-refractivity contribution in [2.24, 2.45) is 0 Å². The summed E-state index contributed by atoms with van der Waals surface area (Å²) < 4.78 is 24.7. The molecule has 0 saturated carbocycles. The molecule has 0 aromatic rings. The van der Waals surface area contributed by atoms with Crippen molar-refractivity contribution in [3.8, 4) is 0 Å². The Kier molecular flexibility index (Phi) is 5.39. The number of unbranched alkanes of at least 4 members (excludes halogenated alkanes) is 1. The maximum atomic E-state index is 6.24. The largest absolute Gasteiger partial charge is 0.489 e. The Bertz CT molecular complexity index is 465. The fourth-order valence-corrected chi connectivity index (χ4v) is 2.79. The Morgan fingerprint density at radius 1 is 0.750 bits per heavy atom. The molecular weight excluding hydrogens is 302 g/mol. The zero-order valence-electron chi connectivity index (χ0n) is 17.0. The van der Waals surface area contributed by atoms with Gasteiger partial charge < -0.3 is 18.6 Å². The van der Waals surface area contributed by atoms with Crippen LogP contribution >= 0.6 is 0 Å². The van der Waals surface area contributed by atoms with Crippen molar-refractivity contribution in [2.45, 2.75) is 104 Å². The number of rotatable bonds is 5. The summed E-state index contributed by atoms with van der Waals surface area (Å²) in [6.45, 7) is 18.8. The predicted octanol–water partition coefficient (Wildman–Crippen LogP) is 4.37. The van der Waals surface area contributed by atoms with Crippen molar-refractivity contribution in [3.63, 3.8) is 0 Å². The average Bonchev–Trinajstić information content (AvgIpc) is 2.73. The average molecular weight is 336 g/mol. The molecular formula is C18H34B2O4. The van der Waals surface area contributed by atoms with Gasteiger partial charge in [-0.05, 0) is 67.3 Å². The molecule has 0 radical (unpaired) electrons. The van der Waals surface area contributed by atoms with E-state index < -0.39 is 0 Å². The van der Waals surface area contributed by atoms with Crippen molar-refractivity contribution in [2.75, 3.05) is 0 Å². The van der Waals surface area contributed by atoms with Crippen molar-refractivity contribution < 1.29 is 18.6 Å². The molecule has 0 aromatic carbocycles. The summed E-state index contributed by atoms with van der Waals surface area (Å²) in [4.78, 5) is 0. The monoisotopic (exact) mass is 336 g/mol. The molecule has 2 aliphatic heterocycles. The van der Waals surface area contributed by atoms with E-state index in [1.165, 1.54) is 0 Å². The molecule has 2 saturated heterocycles. The van der Waals surface area contributed by atoms with Crippen LogP contribution in [0.3, 0.4) is 0 Å². The molecule has 2 aliphatic rings. The first kappa shape index (κ1) is 20.0. The second-order valence-electron chi connectivity index (χ2n) is 9.06. The minimum absolute atomic E-state index is 0.333. The Morgan fingerprint density at radius 2 is 1.17 bits per heavy atom. The molecule has 2 rings (SSSR count). The molecule has 0 atom stereocenters. The Balaban J connectivity index is 2.21. The third kappa shape index (κ3) is 3.77. The molecule has 0 aliphatic carbocycles. The molecule has 0 amide bonds. The molecule has 0 aromatic heterocycles. The summed E-state index contributed by atoms with van der Waals surface area (Å²) in [5.74, 6) is 2.06. The normalized spacial score (nSPS) is 27.8. The lowest BCUT2D eigenvalue weighted by atomic mass is 9.69. The van der Waals surface area contributed by atoms with Crippen LogP contribution in [-0.4, -0.2) is 36.6 Å². The lowest BCUT2D eigenvalue weighted by Gasteiger charge is -2.32. The highest BCUT2D eigenvalue weighted by atomic mass is 16.7. The van der Waals surface area contributed by atoms with Gasteiger partial charge in [-0.25, -0.2) is 0 Å². The molecule has 6 heteroatoms. The standard InChI is InChI=1S/C18H34B2O4/c1-10-11-12-14(20-23-17(6,7)18(8,9)24-20)13-19-21-15(2,3)16(4,5)22-19/h13H,10-12H2,1-9H3/b14-13+. The van der Waals surface area contributed by atoms with Crippen LogP contribution in [0.1, 0.15) is 81.6 Å². The highest BCUT2D eigenvalue weighted by molar-refractivity contribution is 6.60. The SMILES string of the molecule is CCCC/C(=C\B1OC(C)(C)C(C)(C)O1)B1OC(C)(C)C(C)(C)O1. The van der Waals surface area contributed by atoms with Gasteiger partial charge in [-0.3, -0.25) is 0 Å². The van der Waals surface area contributed by atoms with E-state index in [1.54, 1.807) is 0 Å². The maximum absolute atomic E-state index is 6.24. The van der Waals surface area contributed by atoms with Crippen LogP contribution in [-0.2, 0) is 18.6 Å². The minimum Gasteiger partial charge on any atom is -0.400 e. The summed E-state index contributed by atoms with van der Waals surface area (Å²) >= 11 is 0. The summed E-state index contributed by atoms with van der Waals surface area (Å²) in [5, 5.41) is 0. The zero-order chi connectivity index (χ0) is 18.4. The van der Waals surface area contributed by atoms with Gasteiger partial charge in [0, 0.05) is 0 Å². The van der Waals surface area contributed by atoms with E-state index in [0.29, 0.717) is 0 Å². The van der Waals surface area contributed by atoms with Crippen LogP contribution in [0.25, 0.3) is 0 Å². The third-order valence-corrected chi connectivity index (χ3v) is 6.00. The minimum atomic E-state index is -0.360. The van der Waals surface area contributed by atoms with Crippen LogP contribution in [0.15, 0.2) is 11.4 Å². The molecule has 2 fully saturated rings. The smallest absolute Gasteiger partial charge is 0.400 e. The Hall–Kier alpha value is -0.290. The summed E-state index contributed by atoms with van der Waals surface area (Å²) in [6.07, 6.45) is 3.15. The van der Waals surface area contributed by atoms with Crippen LogP contribution in [0.5, 0.6) is 0 Å². The molecule has 24 heavy (non-hydrogen) atoms. The first-order valence-corrected chi connectivity index (χ1v) is 9.23. The number of allylic oxidation sites excluding steroid dienone is 1. The maximum Gasteiger partial charge on any atom is 0.489 e. The molecule has 136 valence electrons. The Morgan fingerprint density at radius 3 is 1.58 bits per heavy atom. The van der Waals surface area contributed by atoms with Gasteiger partial charge in [0.25, 0.3) is 0 Å². The molecule has 0 N–H and O–H groups in total. The van der Waals surface area contributed by atoms with Crippen molar-refractivity contribution in [1.82, 2.24) is 0 Å². The fourth-order valence-electron chi connectivity index (χ4n) is 2.79. The van der Waals surface area contributed by atoms with Gasteiger partial charge in [0.05, 0.1) is 22.4 Å². The summed E-state index contributed by atoms with van der Waals surface area (Å²) in [7, 11) is -0.693. The first-order chi connectivity index (χ1) is 10.8. The van der Waals surface area contributed by atoms with Crippen LogP contribution in [0, 0.1) is 0 Å². The molecule has 0 unspecified atom stereocenters. The van der Waals surface area contributed by atoms with Gasteiger partial charge >= 0.3 is 14.2 Å². The van der Waals surface area contributed by atoms with E-state index in [2.05, 4.69) is 68.3 Å². The van der Waals surface area contributed by atoms with E-state index in [4.69, 9.17) is 18.6 Å². The summed E-state index contributed by atoms with van der Waals surface area (Å²) in [6, 6.07) is 0. The highest BCUT2D eigenvalue weighted by Crippen LogP contribution is 2.41. The Labute approximate surface area is 148 Å². The lowest BCUT2D eigenvalue weighted by molar-refractivity contribution is 0.00578. The fraction of sp³-hybridized carbons (Fsp3) is 0.889. The van der Waals surface area contributed by atoms with Crippen molar-refractivity contribution in [3.05, 3.63) is 11.4 Å². The molecule has 4 nitrogen and oxygen atoms in total. The van der Waals surface area contributed by atoms with Gasteiger partial charge in [-0.2, -0.15) is 0 Å². The van der Waals surface area contributed by atoms with E-state index in [0.717, 1.165) is 24.7 Å². The van der Waals surface area contributed by atoms with Gasteiger partial charge in [0.15, 0.2) is 0 Å². The van der Waals surface area contributed by atoms with Crippen LogP contribution in [0.2, 0.25) is 0 Å². The summed E-state index contributed by atoms with van der Waals surface area (Å²) in [5.41, 5.74) is -0.216. The van der Waals surface area contributed by atoms with E-state index in [9.17, 15) is 0 Å². The van der Waals surface area contributed by atoms with Crippen molar-refractivity contribution >= 4 is 14.2 Å². The van der Waals surface area contributed by atoms with Gasteiger partial charge in [-0.15, -0.1) is 0 Å². The molecule has 0 bridgehead atoms. The third-order valence-electron chi connectivity index (χ3n) is 6.00. The topological polar surface area (TPSA) is 36.9 Å². The van der Waals surface area contributed by atoms with Crippen LogP contribution in [0.4, 0.5) is 0 Å². The van der Waals surface area contributed by atoms with E-state index >= 15 is 0 Å². The van der Waals surface area contributed by atoms with Crippen LogP contribution < -0.4 is 0 Å². The van der Waals surface area contributed by atoms with Crippen molar-refractivity contribution in [1.29, 1.82) is 0 Å². The second kappa shape index (κ2) is 6.46. The highest BCUT2D eigenvalue weighted by Gasteiger charge is 2.54. The quantitative estimate of drug-likeness (QED) is 0.699.